The molecule has 0 amide bonds. The van der Waals surface area contributed by atoms with E-state index in [2.05, 4.69) is 15.2 Å². The van der Waals surface area contributed by atoms with E-state index in [4.69, 9.17) is 9.15 Å². The molecule has 0 N–H and O–H groups in total. The minimum atomic E-state index is -0.705. The van der Waals surface area contributed by atoms with Crippen molar-refractivity contribution >= 4 is 23.4 Å². The zero-order chi connectivity index (χ0) is 14.5. The van der Waals surface area contributed by atoms with Gasteiger partial charge in [-0.25, -0.2) is 9.78 Å². The number of nitrogens with zero attached hydrogens (tertiary/aromatic N) is 4. The smallest absolute Gasteiger partial charge is 0.396 e. The van der Waals surface area contributed by atoms with Crippen LogP contribution in [-0.4, -0.2) is 32.7 Å². The van der Waals surface area contributed by atoms with Crippen LogP contribution in [0.15, 0.2) is 33.0 Å². The van der Waals surface area contributed by atoms with Gasteiger partial charge in [0.1, 0.15) is 11.2 Å². The van der Waals surface area contributed by atoms with E-state index in [-0.39, 0.29) is 23.4 Å². The van der Waals surface area contributed by atoms with E-state index in [1.54, 1.807) is 6.92 Å². The maximum absolute atomic E-state index is 11.3. The van der Waals surface area contributed by atoms with Crippen molar-refractivity contribution in [3.8, 4) is 0 Å². The van der Waals surface area contributed by atoms with Crippen molar-refractivity contribution in [2.45, 2.75) is 17.2 Å². The molecule has 104 valence electrons. The van der Waals surface area contributed by atoms with Gasteiger partial charge in [-0.05, 0) is 24.8 Å². The molecular weight excluding hydrogens is 288 g/mol. The molecule has 0 aromatic carbocycles. The zero-order valence-electron chi connectivity index (χ0n) is 10.2. The van der Waals surface area contributed by atoms with Crippen molar-refractivity contribution in [3.05, 3.63) is 34.3 Å². The monoisotopic (exact) mass is 296 g/mol. The third-order valence-corrected chi connectivity index (χ3v) is 2.77. The average Bonchev–Trinajstić information content (AvgIpc) is 2.88. The van der Waals surface area contributed by atoms with Crippen LogP contribution in [0.3, 0.4) is 0 Å². The van der Waals surface area contributed by atoms with Gasteiger partial charge in [-0.3, -0.25) is 10.1 Å². The summed E-state index contributed by atoms with van der Waals surface area (Å²) in [5, 5.41) is 18.2. The fourth-order valence-corrected chi connectivity index (χ4v) is 1.78. The van der Waals surface area contributed by atoms with Gasteiger partial charge in [0.2, 0.25) is 0 Å². The van der Waals surface area contributed by atoms with Gasteiger partial charge in [-0.1, -0.05) is 5.10 Å². The van der Waals surface area contributed by atoms with Gasteiger partial charge in [-0.15, -0.1) is 5.10 Å². The van der Waals surface area contributed by atoms with Crippen LogP contribution >= 0.6 is 11.8 Å². The summed E-state index contributed by atoms with van der Waals surface area (Å²) in [4.78, 5) is 25.1. The number of carbonyl (C=O) groups excluding carboxylic acids is 1. The van der Waals surface area contributed by atoms with E-state index in [1.165, 1.54) is 12.1 Å². The lowest BCUT2D eigenvalue weighted by Crippen LogP contribution is -2.04. The van der Waals surface area contributed by atoms with Crippen molar-refractivity contribution in [2.75, 3.05) is 6.61 Å². The molecule has 10 heteroatoms. The van der Waals surface area contributed by atoms with Crippen LogP contribution in [0.5, 0.6) is 0 Å². The largest absolute Gasteiger partial charge is 0.459 e. The predicted octanol–water partition coefficient (Wildman–Crippen LogP) is 1.70. The van der Waals surface area contributed by atoms with Crippen LogP contribution in [0.2, 0.25) is 0 Å². The van der Waals surface area contributed by atoms with Crippen LogP contribution in [0.1, 0.15) is 17.6 Å². The second kappa shape index (κ2) is 6.10. The molecule has 0 unspecified atom stereocenters. The van der Waals surface area contributed by atoms with E-state index in [1.807, 2.05) is 0 Å². The summed E-state index contributed by atoms with van der Waals surface area (Å²) in [6, 6.07) is 2.75. The number of carbonyl (C=O) groups is 1. The number of ether oxygens (including phenoxy) is 1. The third-order valence-electron chi connectivity index (χ3n) is 1.98. The highest BCUT2D eigenvalue weighted by atomic mass is 32.2. The maximum atomic E-state index is 11.3. The van der Waals surface area contributed by atoms with Crippen LogP contribution in [0, 0.1) is 10.1 Å². The Kier molecular flexibility index (Phi) is 4.25. The average molecular weight is 296 g/mol. The van der Waals surface area contributed by atoms with E-state index >= 15 is 0 Å². The van der Waals surface area contributed by atoms with Crippen molar-refractivity contribution in [1.29, 1.82) is 0 Å². The summed E-state index contributed by atoms with van der Waals surface area (Å²) in [6.07, 6.45) is 1.12. The number of nitro groups is 1. The summed E-state index contributed by atoms with van der Waals surface area (Å²) >= 11 is 0.983. The molecule has 2 aromatic heterocycles. The zero-order valence-corrected chi connectivity index (χ0v) is 11.0. The number of esters is 1. The number of rotatable bonds is 5. The molecular formula is C10H8N4O5S. The predicted molar refractivity (Wildman–Crippen MR) is 65.3 cm³/mol. The normalized spacial score (nSPS) is 10.2. The van der Waals surface area contributed by atoms with Crippen LogP contribution in [0.25, 0.3) is 0 Å². The van der Waals surface area contributed by atoms with Gasteiger partial charge >= 0.3 is 11.9 Å². The van der Waals surface area contributed by atoms with E-state index in [9.17, 15) is 14.9 Å². The van der Waals surface area contributed by atoms with Gasteiger partial charge < -0.3 is 9.15 Å². The summed E-state index contributed by atoms with van der Waals surface area (Å²) in [6.45, 7) is 1.86. The summed E-state index contributed by atoms with van der Waals surface area (Å²) in [5.41, 5.74) is -0.118. The van der Waals surface area contributed by atoms with Gasteiger partial charge in [0, 0.05) is 6.07 Å². The fourth-order valence-electron chi connectivity index (χ4n) is 1.16. The fraction of sp³-hybridized carbons (Fsp3) is 0.200. The molecule has 20 heavy (non-hydrogen) atoms. The van der Waals surface area contributed by atoms with Crippen molar-refractivity contribution in [2.24, 2.45) is 0 Å². The van der Waals surface area contributed by atoms with Crippen LogP contribution in [0.4, 0.5) is 5.69 Å². The Labute approximate surface area is 116 Å². The minimum Gasteiger partial charge on any atom is -0.459 e. The van der Waals surface area contributed by atoms with Crippen molar-refractivity contribution in [1.82, 2.24) is 15.2 Å². The van der Waals surface area contributed by atoms with Crippen LogP contribution in [-0.2, 0) is 4.74 Å². The quantitative estimate of drug-likeness (QED) is 0.460. The van der Waals surface area contributed by atoms with Gasteiger partial charge in [0.05, 0.1) is 11.5 Å². The van der Waals surface area contributed by atoms with Gasteiger partial charge in [0.25, 0.3) is 10.9 Å². The molecule has 0 atom stereocenters. The van der Waals surface area contributed by atoms with Gasteiger partial charge in [0.15, 0.2) is 0 Å². The molecule has 9 nitrogen and oxygen atoms in total. The number of aromatic nitrogens is 3. The Bertz CT molecular complexity index is 627. The SMILES string of the molecule is CCOC(=O)c1nnc(Sc2ccc([N+](=O)[O-])cn2)o1. The van der Waals surface area contributed by atoms with Gasteiger partial charge in [-0.2, -0.15) is 0 Å². The van der Waals surface area contributed by atoms with Crippen molar-refractivity contribution in [3.63, 3.8) is 0 Å². The molecule has 2 aromatic rings. The lowest BCUT2D eigenvalue weighted by molar-refractivity contribution is -0.385. The first-order valence-corrected chi connectivity index (χ1v) is 6.20. The Hall–Kier alpha value is -2.49. The van der Waals surface area contributed by atoms with Crippen molar-refractivity contribution < 1.29 is 18.9 Å². The summed E-state index contributed by atoms with van der Waals surface area (Å²) < 4.78 is 9.77. The Morgan fingerprint density at radius 3 is 2.90 bits per heavy atom. The molecule has 0 radical (unpaired) electrons. The third kappa shape index (κ3) is 3.29. The maximum Gasteiger partial charge on any atom is 0.396 e. The molecule has 0 aliphatic rings. The first-order chi connectivity index (χ1) is 9.60. The Balaban J connectivity index is 2.06. The van der Waals surface area contributed by atoms with E-state index in [0.29, 0.717) is 5.03 Å². The second-order valence-corrected chi connectivity index (χ2v) is 4.28. The molecule has 0 spiro atoms. The molecule has 0 aliphatic carbocycles. The van der Waals surface area contributed by atoms with E-state index < -0.39 is 10.9 Å². The Morgan fingerprint density at radius 1 is 1.50 bits per heavy atom. The lowest BCUT2D eigenvalue weighted by Gasteiger charge is -1.95. The molecule has 2 rings (SSSR count). The topological polar surface area (TPSA) is 121 Å². The highest BCUT2D eigenvalue weighted by molar-refractivity contribution is 7.99. The number of hydrogen-bond acceptors (Lipinski definition) is 9. The molecule has 0 fully saturated rings. The lowest BCUT2D eigenvalue weighted by atomic mass is 10.4. The minimum absolute atomic E-state index is 0.0920. The number of pyridine rings is 1. The van der Waals surface area contributed by atoms with E-state index in [0.717, 1.165) is 18.0 Å². The molecule has 0 saturated heterocycles. The highest BCUT2D eigenvalue weighted by Gasteiger charge is 2.17. The standard InChI is InChI=1S/C10H8N4O5S/c1-2-18-9(15)8-12-13-10(19-8)20-7-4-3-6(5-11-7)14(16)17/h3-5H,2H2,1H3. The first-order valence-electron chi connectivity index (χ1n) is 5.39. The summed E-state index contributed by atoms with van der Waals surface area (Å²) in [7, 11) is 0. The molecule has 0 bridgehead atoms. The summed E-state index contributed by atoms with van der Waals surface area (Å²) in [5.74, 6) is -0.959. The molecule has 2 heterocycles. The van der Waals surface area contributed by atoms with Crippen LogP contribution < -0.4 is 0 Å². The number of hydrogen-bond donors (Lipinski definition) is 0. The second-order valence-electron chi connectivity index (χ2n) is 3.31. The highest BCUT2D eigenvalue weighted by Crippen LogP contribution is 2.25. The Morgan fingerprint density at radius 2 is 2.30 bits per heavy atom. The first kappa shape index (κ1) is 13.9. The molecule has 0 saturated carbocycles. The molecule has 0 aliphatic heterocycles.